The monoisotopic (exact) mass is 345 g/mol. The number of esters is 1. The van der Waals surface area contributed by atoms with E-state index in [4.69, 9.17) is 9.47 Å². The molecular weight excluding hydrogens is 322 g/mol. The van der Waals surface area contributed by atoms with E-state index in [2.05, 4.69) is 6.58 Å². The number of carbonyl (C=O) groups excluding carboxylic acids is 3. The number of likely N-dealkylation sites (tertiary alicyclic amines) is 1. The highest BCUT2D eigenvalue weighted by Crippen LogP contribution is 2.24. The maximum Gasteiger partial charge on any atom is 0.332 e. The van der Waals surface area contributed by atoms with Gasteiger partial charge in [0.05, 0.1) is 12.5 Å². The molecule has 6 nitrogen and oxygen atoms in total. The molecule has 1 saturated heterocycles. The smallest absolute Gasteiger partial charge is 0.332 e. The molecule has 0 saturated carbocycles. The molecule has 0 spiro atoms. The summed E-state index contributed by atoms with van der Waals surface area (Å²) in [5.41, 5.74) is 0.964. The zero-order chi connectivity index (χ0) is 18.2. The molecule has 0 bridgehead atoms. The molecule has 1 aromatic rings. The maximum atomic E-state index is 12.0. The quantitative estimate of drug-likeness (QED) is 0.389. The molecule has 0 aromatic heterocycles. The molecule has 1 aliphatic rings. The highest BCUT2D eigenvalue weighted by atomic mass is 16.6. The van der Waals surface area contributed by atoms with Gasteiger partial charge in [0.25, 0.3) is 0 Å². The zero-order valence-electron chi connectivity index (χ0n) is 14.3. The largest absolute Gasteiger partial charge is 0.460 e. The van der Waals surface area contributed by atoms with Gasteiger partial charge in [-0.15, -0.1) is 6.58 Å². The predicted octanol–water partition coefficient (Wildman–Crippen LogP) is 2.09. The Kier molecular flexibility index (Phi) is 6.89. The van der Waals surface area contributed by atoms with E-state index in [1.54, 1.807) is 13.0 Å². The van der Waals surface area contributed by atoms with Crippen molar-refractivity contribution in [3.8, 4) is 0 Å². The normalized spacial score (nSPS) is 17.6. The molecule has 2 amide bonds. The fourth-order valence-corrected chi connectivity index (χ4v) is 2.54. The van der Waals surface area contributed by atoms with Crippen molar-refractivity contribution < 1.29 is 23.9 Å². The number of imide groups is 1. The van der Waals surface area contributed by atoms with E-state index in [0.29, 0.717) is 13.0 Å². The standard InChI is InChI=1S/C19H23NO5/c1-3-4-10-17(21)20-11-16(19(20)23)14(2)25-18(22)13-24-12-15-8-6-5-7-9-15/h3,5-9,14,16H,1,4,10-13H2,2H3/t14-,16+/m1/s1. The van der Waals surface area contributed by atoms with Crippen LogP contribution in [0.3, 0.4) is 0 Å². The van der Waals surface area contributed by atoms with Gasteiger partial charge in [-0.2, -0.15) is 0 Å². The first-order valence-corrected chi connectivity index (χ1v) is 8.29. The molecule has 1 aromatic carbocycles. The van der Waals surface area contributed by atoms with E-state index < -0.39 is 18.0 Å². The lowest BCUT2D eigenvalue weighted by atomic mass is 9.92. The van der Waals surface area contributed by atoms with Gasteiger partial charge in [-0.3, -0.25) is 14.5 Å². The van der Waals surface area contributed by atoms with E-state index in [1.165, 1.54) is 4.90 Å². The average Bonchev–Trinajstić information content (AvgIpc) is 2.59. The van der Waals surface area contributed by atoms with Crippen molar-refractivity contribution in [1.82, 2.24) is 4.90 Å². The number of benzene rings is 1. The van der Waals surface area contributed by atoms with Gasteiger partial charge < -0.3 is 9.47 Å². The van der Waals surface area contributed by atoms with Crippen LogP contribution in [0.4, 0.5) is 0 Å². The summed E-state index contributed by atoms with van der Waals surface area (Å²) >= 11 is 0. The number of rotatable bonds is 9. The van der Waals surface area contributed by atoms with E-state index in [0.717, 1.165) is 5.56 Å². The van der Waals surface area contributed by atoms with Gasteiger partial charge in [-0.05, 0) is 18.9 Å². The Morgan fingerprint density at radius 3 is 2.72 bits per heavy atom. The first kappa shape index (κ1) is 18.9. The summed E-state index contributed by atoms with van der Waals surface area (Å²) in [6, 6.07) is 9.49. The number of carbonyl (C=O) groups is 3. The minimum absolute atomic E-state index is 0.178. The lowest BCUT2D eigenvalue weighted by Crippen LogP contribution is -2.59. The van der Waals surface area contributed by atoms with Crippen LogP contribution in [0.1, 0.15) is 25.3 Å². The summed E-state index contributed by atoms with van der Waals surface area (Å²) in [5.74, 6) is -1.50. The van der Waals surface area contributed by atoms with E-state index in [-0.39, 0.29) is 31.4 Å². The van der Waals surface area contributed by atoms with Crippen LogP contribution >= 0.6 is 0 Å². The lowest BCUT2D eigenvalue weighted by Gasteiger charge is -2.39. The maximum absolute atomic E-state index is 12.0. The Morgan fingerprint density at radius 2 is 2.08 bits per heavy atom. The highest BCUT2D eigenvalue weighted by Gasteiger charge is 2.44. The number of β-lactam (4-membered cyclic amide) rings is 1. The van der Waals surface area contributed by atoms with Crippen molar-refractivity contribution in [1.29, 1.82) is 0 Å². The van der Waals surface area contributed by atoms with Gasteiger partial charge >= 0.3 is 5.97 Å². The van der Waals surface area contributed by atoms with Gasteiger partial charge in [0.15, 0.2) is 0 Å². The molecule has 0 unspecified atom stereocenters. The van der Waals surface area contributed by atoms with Gasteiger partial charge in [-0.1, -0.05) is 36.4 Å². The number of hydrogen-bond acceptors (Lipinski definition) is 5. The number of ether oxygens (including phenoxy) is 2. The van der Waals surface area contributed by atoms with Gasteiger partial charge in [0.1, 0.15) is 12.7 Å². The Hall–Kier alpha value is -2.47. The summed E-state index contributed by atoms with van der Waals surface area (Å²) in [7, 11) is 0. The summed E-state index contributed by atoms with van der Waals surface area (Å²) in [4.78, 5) is 36.8. The van der Waals surface area contributed by atoms with Crippen LogP contribution in [0.25, 0.3) is 0 Å². The molecule has 0 radical (unpaired) electrons. The summed E-state index contributed by atoms with van der Waals surface area (Å²) in [6.07, 6.45) is 1.86. The van der Waals surface area contributed by atoms with Crippen LogP contribution in [0.5, 0.6) is 0 Å². The molecule has 2 atom stereocenters. The van der Waals surface area contributed by atoms with Crippen LogP contribution in [-0.4, -0.2) is 41.9 Å². The Balaban J connectivity index is 1.68. The summed E-state index contributed by atoms with van der Waals surface area (Å²) in [6.45, 7) is 5.63. The van der Waals surface area contributed by atoms with Gasteiger partial charge in [0.2, 0.25) is 11.8 Å². The molecule has 134 valence electrons. The fraction of sp³-hybridized carbons (Fsp3) is 0.421. The third kappa shape index (κ3) is 5.26. The third-order valence-electron chi connectivity index (χ3n) is 4.04. The van der Waals surface area contributed by atoms with E-state index >= 15 is 0 Å². The molecule has 25 heavy (non-hydrogen) atoms. The number of amides is 2. The Bertz CT molecular complexity index is 628. The van der Waals surface area contributed by atoms with Crippen molar-refractivity contribution in [3.63, 3.8) is 0 Å². The SMILES string of the molecule is C=CCCC(=O)N1C[C@@H]([C@@H](C)OC(=O)COCc2ccccc2)C1=O. The Labute approximate surface area is 147 Å². The van der Waals surface area contributed by atoms with Crippen LogP contribution in [0.15, 0.2) is 43.0 Å². The first-order chi connectivity index (χ1) is 12.0. The molecule has 1 aliphatic heterocycles. The summed E-state index contributed by atoms with van der Waals surface area (Å²) < 4.78 is 10.5. The van der Waals surface area contributed by atoms with E-state index in [9.17, 15) is 14.4 Å². The minimum atomic E-state index is -0.580. The number of hydrogen-bond donors (Lipinski definition) is 0. The second-order valence-corrected chi connectivity index (χ2v) is 5.95. The molecule has 0 N–H and O–H groups in total. The molecule has 1 heterocycles. The van der Waals surface area contributed by atoms with Crippen LogP contribution in [0.2, 0.25) is 0 Å². The second-order valence-electron chi connectivity index (χ2n) is 5.95. The van der Waals surface area contributed by atoms with Crippen molar-refractivity contribution in [2.75, 3.05) is 13.2 Å². The number of allylic oxidation sites excluding steroid dienone is 1. The predicted molar refractivity (Wildman–Crippen MR) is 91.3 cm³/mol. The fourth-order valence-electron chi connectivity index (χ4n) is 2.54. The average molecular weight is 345 g/mol. The number of nitrogens with zero attached hydrogens (tertiary/aromatic N) is 1. The second kappa shape index (κ2) is 9.13. The zero-order valence-corrected chi connectivity index (χ0v) is 14.3. The first-order valence-electron chi connectivity index (χ1n) is 8.29. The van der Waals surface area contributed by atoms with Crippen molar-refractivity contribution >= 4 is 17.8 Å². The molecule has 0 aliphatic carbocycles. The highest BCUT2D eigenvalue weighted by molar-refractivity contribution is 6.01. The van der Waals surface area contributed by atoms with Gasteiger partial charge in [-0.25, -0.2) is 4.79 Å². The molecule has 1 fully saturated rings. The minimum Gasteiger partial charge on any atom is -0.460 e. The molecule has 6 heteroatoms. The van der Waals surface area contributed by atoms with Crippen LogP contribution in [-0.2, 0) is 30.5 Å². The Morgan fingerprint density at radius 1 is 1.36 bits per heavy atom. The topological polar surface area (TPSA) is 72.9 Å². The van der Waals surface area contributed by atoms with Crippen molar-refractivity contribution in [2.45, 2.75) is 32.5 Å². The summed E-state index contributed by atoms with van der Waals surface area (Å²) in [5, 5.41) is 0. The van der Waals surface area contributed by atoms with Crippen molar-refractivity contribution in [3.05, 3.63) is 48.6 Å². The van der Waals surface area contributed by atoms with Crippen molar-refractivity contribution in [2.24, 2.45) is 5.92 Å². The third-order valence-corrected chi connectivity index (χ3v) is 4.04. The van der Waals surface area contributed by atoms with E-state index in [1.807, 2.05) is 30.3 Å². The molecular formula is C19H23NO5. The molecule has 2 rings (SSSR count). The van der Waals surface area contributed by atoms with Crippen LogP contribution in [0, 0.1) is 5.92 Å². The van der Waals surface area contributed by atoms with Crippen LogP contribution < -0.4 is 0 Å². The van der Waals surface area contributed by atoms with Gasteiger partial charge in [0, 0.05) is 13.0 Å². The lowest BCUT2D eigenvalue weighted by molar-refractivity contribution is -0.171.